The van der Waals surface area contributed by atoms with Crippen molar-refractivity contribution >= 4 is 0 Å². The third-order valence-electron chi connectivity index (χ3n) is 2.30. The maximum Gasteiger partial charge on any atom is 0.573 e. The number of nitriles is 1. The van der Waals surface area contributed by atoms with E-state index in [0.29, 0.717) is 5.56 Å². The van der Waals surface area contributed by atoms with Gasteiger partial charge in [-0.25, -0.2) is 4.98 Å². The van der Waals surface area contributed by atoms with Crippen molar-refractivity contribution in [2.24, 2.45) is 0 Å². The molecular weight excluding hydrogens is 257 g/mol. The molecule has 0 atom stereocenters. The predicted octanol–water partition coefficient (Wildman–Crippen LogP) is 3.52. The fourth-order valence-corrected chi connectivity index (χ4v) is 1.54. The molecule has 0 aliphatic carbocycles. The minimum atomic E-state index is -4.75. The molecule has 0 aliphatic rings. The van der Waals surface area contributed by atoms with Crippen LogP contribution < -0.4 is 4.74 Å². The van der Waals surface area contributed by atoms with Crippen molar-refractivity contribution in [3.63, 3.8) is 0 Å². The summed E-state index contributed by atoms with van der Waals surface area (Å²) in [6, 6.07) is 10.5. The summed E-state index contributed by atoms with van der Waals surface area (Å²) in [5.74, 6) is -0.304. The van der Waals surface area contributed by atoms with Gasteiger partial charge in [-0.3, -0.25) is 0 Å². The van der Waals surface area contributed by atoms with E-state index in [9.17, 15) is 13.2 Å². The van der Waals surface area contributed by atoms with E-state index < -0.39 is 6.36 Å². The molecule has 1 aromatic carbocycles. The van der Waals surface area contributed by atoms with Crippen molar-refractivity contribution in [2.45, 2.75) is 6.36 Å². The molecule has 0 radical (unpaired) electrons. The molecule has 0 spiro atoms. The summed E-state index contributed by atoms with van der Waals surface area (Å²) in [6.07, 6.45) is -3.42. The van der Waals surface area contributed by atoms with Crippen LogP contribution in [0.25, 0.3) is 11.1 Å². The zero-order chi connectivity index (χ0) is 13.9. The van der Waals surface area contributed by atoms with Gasteiger partial charge in [0.15, 0.2) is 0 Å². The molecule has 1 heterocycles. The normalized spacial score (nSPS) is 10.8. The van der Waals surface area contributed by atoms with E-state index in [0.717, 1.165) is 0 Å². The lowest BCUT2D eigenvalue weighted by molar-refractivity contribution is -0.274. The van der Waals surface area contributed by atoms with Crippen LogP contribution in [0.4, 0.5) is 13.2 Å². The van der Waals surface area contributed by atoms with Crippen LogP contribution >= 0.6 is 0 Å². The van der Waals surface area contributed by atoms with E-state index in [1.807, 2.05) is 6.07 Å². The molecule has 0 saturated carbocycles. The van der Waals surface area contributed by atoms with E-state index in [4.69, 9.17) is 5.26 Å². The highest BCUT2D eigenvalue weighted by Crippen LogP contribution is 2.33. The molecule has 96 valence electrons. The number of nitrogens with zero attached hydrogens (tertiary/aromatic N) is 2. The van der Waals surface area contributed by atoms with Crippen LogP contribution in [0, 0.1) is 11.3 Å². The predicted molar refractivity (Wildman–Crippen MR) is 61.1 cm³/mol. The van der Waals surface area contributed by atoms with Gasteiger partial charge < -0.3 is 4.74 Å². The molecule has 0 fully saturated rings. The fourth-order valence-electron chi connectivity index (χ4n) is 1.54. The second-order valence-electron chi connectivity index (χ2n) is 3.59. The smallest absolute Gasteiger partial charge is 0.405 e. The second-order valence-corrected chi connectivity index (χ2v) is 3.59. The number of hydrogen-bond donors (Lipinski definition) is 0. The SMILES string of the molecule is N#Cc1ccc(-c2ccccc2OC(F)(F)F)cn1. The van der Waals surface area contributed by atoms with Gasteiger partial charge >= 0.3 is 6.36 Å². The highest BCUT2D eigenvalue weighted by molar-refractivity contribution is 5.69. The number of para-hydroxylation sites is 1. The first-order chi connectivity index (χ1) is 8.99. The third-order valence-corrected chi connectivity index (χ3v) is 2.30. The van der Waals surface area contributed by atoms with Gasteiger partial charge in [0.2, 0.25) is 0 Å². The van der Waals surface area contributed by atoms with Crippen LogP contribution in [0.3, 0.4) is 0 Å². The number of benzene rings is 1. The Morgan fingerprint density at radius 1 is 1.11 bits per heavy atom. The Hall–Kier alpha value is -2.55. The molecule has 19 heavy (non-hydrogen) atoms. The molecule has 0 amide bonds. The van der Waals surface area contributed by atoms with Crippen molar-refractivity contribution in [1.82, 2.24) is 4.98 Å². The summed E-state index contributed by atoms with van der Waals surface area (Å²) in [5.41, 5.74) is 0.897. The van der Waals surface area contributed by atoms with E-state index in [-0.39, 0.29) is 17.0 Å². The van der Waals surface area contributed by atoms with Gasteiger partial charge in [-0.1, -0.05) is 18.2 Å². The first-order valence-electron chi connectivity index (χ1n) is 5.21. The first-order valence-corrected chi connectivity index (χ1v) is 5.21. The largest absolute Gasteiger partial charge is 0.573 e. The average Bonchev–Trinajstić information content (AvgIpc) is 2.38. The van der Waals surface area contributed by atoms with Crippen molar-refractivity contribution < 1.29 is 17.9 Å². The molecule has 2 rings (SSSR count). The summed E-state index contributed by atoms with van der Waals surface area (Å²) >= 11 is 0. The summed E-state index contributed by atoms with van der Waals surface area (Å²) in [6.45, 7) is 0. The summed E-state index contributed by atoms with van der Waals surface area (Å²) in [5, 5.41) is 8.62. The third kappa shape index (κ3) is 3.22. The Morgan fingerprint density at radius 3 is 2.42 bits per heavy atom. The number of halogens is 3. The van der Waals surface area contributed by atoms with E-state index in [1.54, 1.807) is 6.07 Å². The van der Waals surface area contributed by atoms with Gasteiger partial charge in [0.05, 0.1) is 0 Å². The summed E-state index contributed by atoms with van der Waals surface area (Å²) in [7, 11) is 0. The zero-order valence-corrected chi connectivity index (χ0v) is 9.48. The first kappa shape index (κ1) is 12.9. The Balaban J connectivity index is 2.41. The van der Waals surface area contributed by atoms with Crippen molar-refractivity contribution in [2.75, 3.05) is 0 Å². The number of hydrogen-bond acceptors (Lipinski definition) is 3. The van der Waals surface area contributed by atoms with Gasteiger partial charge in [-0.2, -0.15) is 5.26 Å². The molecule has 0 unspecified atom stereocenters. The number of ether oxygens (including phenoxy) is 1. The van der Waals surface area contributed by atoms with Crippen LogP contribution in [0.15, 0.2) is 42.6 Å². The van der Waals surface area contributed by atoms with Gasteiger partial charge in [-0.15, -0.1) is 13.2 Å². The molecule has 6 heteroatoms. The van der Waals surface area contributed by atoms with Gasteiger partial charge in [0, 0.05) is 17.3 Å². The minimum absolute atomic E-state index is 0.193. The molecular formula is C13H7F3N2O. The molecule has 0 aliphatic heterocycles. The monoisotopic (exact) mass is 264 g/mol. The van der Waals surface area contributed by atoms with Crippen LogP contribution in [0.1, 0.15) is 5.69 Å². The van der Waals surface area contributed by atoms with E-state index >= 15 is 0 Å². The highest BCUT2D eigenvalue weighted by Gasteiger charge is 2.32. The van der Waals surface area contributed by atoms with Crippen molar-refractivity contribution in [1.29, 1.82) is 5.26 Å². The Morgan fingerprint density at radius 2 is 1.84 bits per heavy atom. The summed E-state index contributed by atoms with van der Waals surface area (Å²) < 4.78 is 40.8. The Kier molecular flexibility index (Phi) is 3.38. The van der Waals surface area contributed by atoms with Gasteiger partial charge in [-0.05, 0) is 18.2 Å². The zero-order valence-electron chi connectivity index (χ0n) is 9.48. The Labute approximate surface area is 106 Å². The lowest BCUT2D eigenvalue weighted by Crippen LogP contribution is -2.17. The quantitative estimate of drug-likeness (QED) is 0.833. The van der Waals surface area contributed by atoms with Crippen LogP contribution in [0.2, 0.25) is 0 Å². The number of alkyl halides is 3. The highest BCUT2D eigenvalue weighted by atomic mass is 19.4. The maximum absolute atomic E-state index is 12.3. The standard InChI is InChI=1S/C13H7F3N2O/c14-13(15,16)19-12-4-2-1-3-11(12)9-5-6-10(7-17)18-8-9/h1-6,8H. The lowest BCUT2D eigenvalue weighted by Gasteiger charge is -2.12. The van der Waals surface area contributed by atoms with Crippen LogP contribution in [-0.2, 0) is 0 Å². The average molecular weight is 264 g/mol. The minimum Gasteiger partial charge on any atom is -0.405 e. The van der Waals surface area contributed by atoms with Crippen LogP contribution in [-0.4, -0.2) is 11.3 Å². The van der Waals surface area contributed by atoms with E-state index in [1.165, 1.54) is 36.5 Å². The van der Waals surface area contributed by atoms with Crippen molar-refractivity contribution in [3.05, 3.63) is 48.3 Å². The summed E-state index contributed by atoms with van der Waals surface area (Å²) in [4.78, 5) is 3.81. The van der Waals surface area contributed by atoms with Gasteiger partial charge in [0.25, 0.3) is 0 Å². The molecule has 2 aromatic rings. The van der Waals surface area contributed by atoms with E-state index in [2.05, 4.69) is 9.72 Å². The number of aromatic nitrogens is 1. The molecule has 1 aromatic heterocycles. The molecule has 0 N–H and O–H groups in total. The lowest BCUT2D eigenvalue weighted by atomic mass is 10.1. The molecule has 3 nitrogen and oxygen atoms in total. The number of pyridine rings is 1. The van der Waals surface area contributed by atoms with Gasteiger partial charge in [0.1, 0.15) is 17.5 Å². The van der Waals surface area contributed by atoms with Crippen LogP contribution in [0.5, 0.6) is 5.75 Å². The molecule has 0 bridgehead atoms. The van der Waals surface area contributed by atoms with Crippen molar-refractivity contribution in [3.8, 4) is 22.9 Å². The second kappa shape index (κ2) is 4.98. The topological polar surface area (TPSA) is 45.9 Å². The number of rotatable bonds is 2. The maximum atomic E-state index is 12.3. The Bertz CT molecular complexity index is 615. The fraction of sp³-hybridized carbons (Fsp3) is 0.0769. The molecule has 0 saturated heterocycles.